The molecule has 0 bridgehead atoms. The van der Waals surface area contributed by atoms with E-state index in [1.807, 2.05) is 0 Å². The maximum Gasteiger partial charge on any atom is 0.342 e. The summed E-state index contributed by atoms with van der Waals surface area (Å²) in [6.07, 6.45) is -2.09. The van der Waals surface area contributed by atoms with Gasteiger partial charge < -0.3 is 15.6 Å². The molecule has 1 rings (SSSR count). The zero-order valence-electron chi connectivity index (χ0n) is 9.11. The molecule has 0 atom stereocenters. The molecule has 7 heteroatoms. The second-order valence-corrected chi connectivity index (χ2v) is 3.11. The van der Waals surface area contributed by atoms with E-state index in [0.717, 1.165) is 6.20 Å². The van der Waals surface area contributed by atoms with E-state index in [0.29, 0.717) is 0 Å². The number of aromatic hydroxyl groups is 1. The number of nitrogens with two attached hydrogens (primary N) is 1. The van der Waals surface area contributed by atoms with Crippen molar-refractivity contribution in [2.24, 2.45) is 5.73 Å². The Bertz CT molecular complexity index is 424. The highest BCUT2D eigenvalue weighted by atomic mass is 19.3. The van der Waals surface area contributed by atoms with Crippen LogP contribution in [-0.4, -0.2) is 22.7 Å². The van der Waals surface area contributed by atoms with Crippen molar-refractivity contribution in [2.45, 2.75) is 19.9 Å². The van der Waals surface area contributed by atoms with Gasteiger partial charge >= 0.3 is 5.97 Å². The van der Waals surface area contributed by atoms with Gasteiger partial charge in [-0.2, -0.15) is 0 Å². The van der Waals surface area contributed by atoms with Crippen molar-refractivity contribution in [2.75, 3.05) is 6.61 Å². The van der Waals surface area contributed by atoms with Crippen molar-refractivity contribution in [3.05, 3.63) is 23.0 Å². The lowest BCUT2D eigenvalue weighted by molar-refractivity contribution is 0.0520. The number of rotatable bonds is 4. The van der Waals surface area contributed by atoms with Gasteiger partial charge in [-0.25, -0.2) is 13.6 Å². The third-order valence-electron chi connectivity index (χ3n) is 2.08. The van der Waals surface area contributed by atoms with Crippen LogP contribution in [0.25, 0.3) is 0 Å². The van der Waals surface area contributed by atoms with E-state index in [1.165, 1.54) is 0 Å². The molecule has 0 spiro atoms. The van der Waals surface area contributed by atoms with Crippen molar-refractivity contribution in [1.29, 1.82) is 0 Å². The van der Waals surface area contributed by atoms with E-state index >= 15 is 0 Å². The Balaban J connectivity index is 3.35. The van der Waals surface area contributed by atoms with Crippen LogP contribution >= 0.6 is 0 Å². The number of aromatic nitrogens is 1. The Kier molecular flexibility index (Phi) is 4.33. The van der Waals surface area contributed by atoms with Crippen molar-refractivity contribution in [3.8, 4) is 5.75 Å². The van der Waals surface area contributed by atoms with E-state index < -0.39 is 23.8 Å². The lowest BCUT2D eigenvalue weighted by Crippen LogP contribution is -2.15. The molecule has 0 fully saturated rings. The highest BCUT2D eigenvalue weighted by Gasteiger charge is 2.24. The zero-order chi connectivity index (χ0) is 13.0. The minimum Gasteiger partial charge on any atom is -0.505 e. The number of carbonyl (C=O) groups excluding carboxylic acids is 1. The summed E-state index contributed by atoms with van der Waals surface area (Å²) in [6.45, 7) is 1.29. The fourth-order valence-electron chi connectivity index (χ4n) is 1.38. The summed E-state index contributed by atoms with van der Waals surface area (Å²) in [5.41, 5.74) is 4.14. The molecule has 0 radical (unpaired) electrons. The van der Waals surface area contributed by atoms with Crippen LogP contribution in [0.5, 0.6) is 5.75 Å². The van der Waals surface area contributed by atoms with Gasteiger partial charge in [-0.1, -0.05) is 0 Å². The Morgan fingerprint density at radius 1 is 1.65 bits per heavy atom. The fraction of sp³-hybridized carbons (Fsp3) is 0.400. The average Bonchev–Trinajstić information content (AvgIpc) is 2.28. The van der Waals surface area contributed by atoms with Crippen LogP contribution in [0.15, 0.2) is 6.20 Å². The molecule has 0 aliphatic carbocycles. The van der Waals surface area contributed by atoms with E-state index in [2.05, 4.69) is 9.72 Å². The van der Waals surface area contributed by atoms with Gasteiger partial charge in [-0.3, -0.25) is 4.98 Å². The van der Waals surface area contributed by atoms with Gasteiger partial charge in [0.2, 0.25) is 0 Å². The summed E-state index contributed by atoms with van der Waals surface area (Å²) in [4.78, 5) is 14.9. The molecule has 0 saturated carbocycles. The third kappa shape index (κ3) is 2.68. The molecule has 17 heavy (non-hydrogen) atoms. The summed E-state index contributed by atoms with van der Waals surface area (Å²) >= 11 is 0. The molecule has 0 unspecified atom stereocenters. The minimum absolute atomic E-state index is 0.0641. The Morgan fingerprint density at radius 2 is 2.29 bits per heavy atom. The quantitative estimate of drug-likeness (QED) is 0.783. The predicted octanol–water partition coefficient (Wildman–Crippen LogP) is 1.36. The molecule has 0 aliphatic rings. The van der Waals surface area contributed by atoms with Gasteiger partial charge in [0, 0.05) is 12.1 Å². The molecule has 0 aromatic carbocycles. The first kappa shape index (κ1) is 13.3. The van der Waals surface area contributed by atoms with Crippen LogP contribution in [-0.2, 0) is 11.3 Å². The van der Waals surface area contributed by atoms with E-state index in [1.54, 1.807) is 6.92 Å². The number of hydrogen-bond donors (Lipinski definition) is 2. The number of carbonyl (C=O) groups is 1. The zero-order valence-corrected chi connectivity index (χ0v) is 9.11. The topological polar surface area (TPSA) is 85.4 Å². The monoisotopic (exact) mass is 246 g/mol. The summed E-state index contributed by atoms with van der Waals surface area (Å²) in [7, 11) is 0. The number of esters is 1. The minimum atomic E-state index is -2.87. The van der Waals surface area contributed by atoms with Crippen molar-refractivity contribution in [1.82, 2.24) is 4.98 Å². The first-order valence-corrected chi connectivity index (χ1v) is 4.89. The van der Waals surface area contributed by atoms with Crippen molar-refractivity contribution < 1.29 is 23.4 Å². The van der Waals surface area contributed by atoms with Crippen LogP contribution in [0.3, 0.4) is 0 Å². The first-order chi connectivity index (χ1) is 8.02. The summed E-state index contributed by atoms with van der Waals surface area (Å²) < 4.78 is 29.9. The number of pyridine rings is 1. The van der Waals surface area contributed by atoms with E-state index in [-0.39, 0.29) is 24.3 Å². The highest BCUT2D eigenvalue weighted by molar-refractivity contribution is 5.94. The van der Waals surface area contributed by atoms with E-state index in [4.69, 9.17) is 5.73 Å². The normalized spacial score (nSPS) is 10.6. The van der Waals surface area contributed by atoms with Crippen LogP contribution < -0.4 is 5.73 Å². The standard InChI is InChI=1S/C10H12F2N2O3/c1-2-17-10(16)7-5(3-13)8(9(11)12)14-4-6(7)15/h4,9,15H,2-3,13H2,1H3. The van der Waals surface area contributed by atoms with E-state index in [9.17, 15) is 18.7 Å². The molecule has 1 heterocycles. The maximum absolute atomic E-state index is 12.6. The van der Waals surface area contributed by atoms with Gasteiger partial charge in [0.1, 0.15) is 17.0 Å². The molecule has 3 N–H and O–H groups in total. The molecule has 1 aromatic heterocycles. The average molecular weight is 246 g/mol. The number of hydrogen-bond acceptors (Lipinski definition) is 5. The highest BCUT2D eigenvalue weighted by Crippen LogP contribution is 2.28. The number of nitrogens with zero attached hydrogens (tertiary/aromatic N) is 1. The van der Waals surface area contributed by atoms with Crippen molar-refractivity contribution in [3.63, 3.8) is 0 Å². The molecule has 1 aromatic rings. The number of ether oxygens (including phenoxy) is 1. The summed E-state index contributed by atoms with van der Waals surface area (Å²) in [5.74, 6) is -1.41. The molecule has 0 amide bonds. The van der Waals surface area contributed by atoms with Crippen LogP contribution in [0.4, 0.5) is 8.78 Å². The molecule has 0 saturated heterocycles. The van der Waals surface area contributed by atoms with Crippen molar-refractivity contribution >= 4 is 5.97 Å². The Morgan fingerprint density at radius 3 is 2.76 bits per heavy atom. The molecule has 0 aliphatic heterocycles. The third-order valence-corrected chi connectivity index (χ3v) is 2.08. The SMILES string of the molecule is CCOC(=O)c1c(O)cnc(C(F)F)c1CN. The summed E-state index contributed by atoms with van der Waals surface area (Å²) in [6, 6.07) is 0. The molecule has 5 nitrogen and oxygen atoms in total. The van der Waals surface area contributed by atoms with Gasteiger partial charge in [-0.05, 0) is 6.92 Å². The smallest absolute Gasteiger partial charge is 0.342 e. The second kappa shape index (κ2) is 5.53. The predicted molar refractivity (Wildman–Crippen MR) is 54.7 cm³/mol. The fourth-order valence-corrected chi connectivity index (χ4v) is 1.38. The van der Waals surface area contributed by atoms with Gasteiger partial charge in [0.15, 0.2) is 0 Å². The molecule has 94 valence electrons. The van der Waals surface area contributed by atoms with Crippen LogP contribution in [0, 0.1) is 0 Å². The Hall–Kier alpha value is -1.76. The van der Waals surface area contributed by atoms with Crippen LogP contribution in [0.2, 0.25) is 0 Å². The van der Waals surface area contributed by atoms with Crippen LogP contribution in [0.1, 0.15) is 35.0 Å². The largest absolute Gasteiger partial charge is 0.505 e. The lowest BCUT2D eigenvalue weighted by atomic mass is 10.1. The lowest BCUT2D eigenvalue weighted by Gasteiger charge is -2.12. The summed E-state index contributed by atoms with van der Waals surface area (Å²) in [5, 5.41) is 9.46. The molecular formula is C10H12F2N2O3. The number of alkyl halides is 2. The van der Waals surface area contributed by atoms with Gasteiger partial charge in [0.25, 0.3) is 6.43 Å². The second-order valence-electron chi connectivity index (χ2n) is 3.11. The Labute approximate surface area is 96.2 Å². The maximum atomic E-state index is 12.6. The van der Waals surface area contributed by atoms with Gasteiger partial charge in [-0.15, -0.1) is 0 Å². The number of halogens is 2. The molecular weight excluding hydrogens is 234 g/mol. The van der Waals surface area contributed by atoms with Gasteiger partial charge in [0.05, 0.1) is 12.8 Å². The first-order valence-electron chi connectivity index (χ1n) is 4.89.